The molecule has 0 saturated heterocycles. The number of hydrogen-bond acceptors (Lipinski definition) is 6. The third kappa shape index (κ3) is 4.43. The van der Waals surface area contributed by atoms with Crippen LogP contribution in [0, 0.1) is 6.92 Å². The summed E-state index contributed by atoms with van der Waals surface area (Å²) in [4.78, 5) is 12.1. The number of hydrogen-bond donors (Lipinski definition) is 1. The lowest BCUT2D eigenvalue weighted by atomic mass is 10.1. The van der Waals surface area contributed by atoms with E-state index in [1.165, 1.54) is 11.8 Å². The molecule has 7 heteroatoms. The molecule has 3 rings (SSSR count). The summed E-state index contributed by atoms with van der Waals surface area (Å²) in [5.41, 5.74) is 2.88. The van der Waals surface area contributed by atoms with Gasteiger partial charge in [0.1, 0.15) is 5.75 Å². The fraction of sp³-hybridized carbons (Fsp3) is 0.211. The molecule has 134 valence electrons. The molecule has 1 heterocycles. The molecule has 1 aromatic heterocycles. The van der Waals surface area contributed by atoms with Crippen molar-refractivity contribution in [1.29, 1.82) is 0 Å². The molecule has 1 N–H and O–H groups in total. The normalized spacial score (nSPS) is 10.5. The molecule has 0 aliphatic carbocycles. The molecule has 3 aromatic rings. The number of para-hydroxylation sites is 1. The third-order valence-corrected chi connectivity index (χ3v) is 4.60. The number of nitrogens with zero attached hydrogens (tertiary/aromatic N) is 2. The predicted molar refractivity (Wildman–Crippen MR) is 100 cm³/mol. The Hall–Kier alpha value is -2.80. The van der Waals surface area contributed by atoms with E-state index in [1.807, 2.05) is 55.5 Å². The molecule has 0 radical (unpaired) electrons. The molecule has 0 fully saturated rings. The van der Waals surface area contributed by atoms with E-state index >= 15 is 0 Å². The number of methoxy groups -OCH3 is 1. The van der Waals surface area contributed by atoms with E-state index in [4.69, 9.17) is 9.15 Å². The Bertz CT molecular complexity index is 895. The first-order valence-electron chi connectivity index (χ1n) is 8.08. The molecule has 0 atom stereocenters. The molecule has 26 heavy (non-hydrogen) atoms. The minimum atomic E-state index is -0.114. The Balaban J connectivity index is 1.53. The summed E-state index contributed by atoms with van der Waals surface area (Å²) in [6.07, 6.45) is 0. The summed E-state index contributed by atoms with van der Waals surface area (Å²) in [5, 5.41) is 11.3. The van der Waals surface area contributed by atoms with Crippen LogP contribution in [0.15, 0.2) is 58.2 Å². The minimum Gasteiger partial charge on any atom is -0.496 e. The van der Waals surface area contributed by atoms with E-state index in [0.29, 0.717) is 17.7 Å². The van der Waals surface area contributed by atoms with Crippen LogP contribution in [0.2, 0.25) is 0 Å². The summed E-state index contributed by atoms with van der Waals surface area (Å²) in [5.74, 6) is 1.29. The number of amides is 1. The fourth-order valence-corrected chi connectivity index (χ4v) is 3.00. The highest BCUT2D eigenvalue weighted by atomic mass is 32.2. The molecule has 0 bridgehead atoms. The molecule has 0 aliphatic rings. The Kier molecular flexibility index (Phi) is 5.91. The van der Waals surface area contributed by atoms with Gasteiger partial charge in [-0.1, -0.05) is 48.2 Å². The van der Waals surface area contributed by atoms with Crippen LogP contribution in [0.3, 0.4) is 0 Å². The Morgan fingerprint density at radius 2 is 1.92 bits per heavy atom. The zero-order chi connectivity index (χ0) is 18.4. The first-order valence-corrected chi connectivity index (χ1v) is 9.07. The summed E-state index contributed by atoms with van der Waals surface area (Å²) < 4.78 is 10.9. The van der Waals surface area contributed by atoms with Crippen molar-refractivity contribution < 1.29 is 13.9 Å². The van der Waals surface area contributed by atoms with Gasteiger partial charge in [-0.3, -0.25) is 4.79 Å². The van der Waals surface area contributed by atoms with Crippen LogP contribution in [0.25, 0.3) is 11.5 Å². The van der Waals surface area contributed by atoms with Crippen LogP contribution in [0.5, 0.6) is 5.75 Å². The number of benzene rings is 2. The van der Waals surface area contributed by atoms with Gasteiger partial charge in [-0.2, -0.15) is 0 Å². The van der Waals surface area contributed by atoms with Gasteiger partial charge in [0.25, 0.3) is 5.22 Å². The number of rotatable bonds is 7. The van der Waals surface area contributed by atoms with Crippen LogP contribution >= 0.6 is 11.8 Å². The first-order chi connectivity index (χ1) is 12.7. The van der Waals surface area contributed by atoms with Crippen LogP contribution in [0.1, 0.15) is 11.1 Å². The monoisotopic (exact) mass is 369 g/mol. The molecule has 1 amide bonds. The van der Waals surface area contributed by atoms with Gasteiger partial charge in [-0.05, 0) is 24.6 Å². The van der Waals surface area contributed by atoms with Crippen molar-refractivity contribution in [2.75, 3.05) is 12.9 Å². The van der Waals surface area contributed by atoms with Gasteiger partial charge in [0.15, 0.2) is 0 Å². The van der Waals surface area contributed by atoms with Crippen molar-refractivity contribution in [2.24, 2.45) is 0 Å². The van der Waals surface area contributed by atoms with E-state index in [-0.39, 0.29) is 11.7 Å². The summed E-state index contributed by atoms with van der Waals surface area (Å²) in [6, 6.07) is 15.4. The zero-order valence-corrected chi connectivity index (χ0v) is 15.4. The predicted octanol–water partition coefficient (Wildman–Crippen LogP) is 3.46. The fourth-order valence-electron chi connectivity index (χ4n) is 2.41. The van der Waals surface area contributed by atoms with Crippen molar-refractivity contribution in [3.8, 4) is 17.2 Å². The number of aromatic nitrogens is 2. The van der Waals surface area contributed by atoms with E-state index in [2.05, 4.69) is 15.5 Å². The standard InChI is InChI=1S/C19H19N3O3S/c1-13-7-3-5-9-15(13)18-21-22-19(25-18)26-12-17(23)20-11-14-8-4-6-10-16(14)24-2/h3-10H,11-12H2,1-2H3,(H,20,23). The molecule has 6 nitrogen and oxygen atoms in total. The quantitative estimate of drug-likeness (QED) is 0.643. The van der Waals surface area contributed by atoms with Crippen LogP contribution in [-0.2, 0) is 11.3 Å². The highest BCUT2D eigenvalue weighted by Crippen LogP contribution is 2.25. The lowest BCUT2D eigenvalue weighted by molar-refractivity contribution is -0.118. The number of ether oxygens (including phenoxy) is 1. The van der Waals surface area contributed by atoms with E-state index < -0.39 is 0 Å². The number of nitrogens with one attached hydrogen (secondary N) is 1. The van der Waals surface area contributed by atoms with Gasteiger partial charge >= 0.3 is 0 Å². The molecule has 0 spiro atoms. The maximum absolute atomic E-state index is 12.1. The van der Waals surface area contributed by atoms with Crippen LogP contribution in [0.4, 0.5) is 0 Å². The van der Waals surface area contributed by atoms with Gasteiger partial charge in [-0.25, -0.2) is 0 Å². The lowest BCUT2D eigenvalue weighted by Gasteiger charge is -2.08. The van der Waals surface area contributed by atoms with Crippen molar-refractivity contribution >= 4 is 17.7 Å². The number of carbonyl (C=O) groups excluding carboxylic acids is 1. The van der Waals surface area contributed by atoms with Gasteiger partial charge in [0.2, 0.25) is 11.8 Å². The van der Waals surface area contributed by atoms with Crippen molar-refractivity contribution in [2.45, 2.75) is 18.7 Å². The van der Waals surface area contributed by atoms with E-state index in [0.717, 1.165) is 22.4 Å². The second-order valence-corrected chi connectivity index (χ2v) is 6.49. The number of carbonyl (C=O) groups is 1. The zero-order valence-electron chi connectivity index (χ0n) is 14.6. The maximum atomic E-state index is 12.1. The van der Waals surface area contributed by atoms with E-state index in [1.54, 1.807) is 7.11 Å². The molecular formula is C19H19N3O3S. The third-order valence-electron chi connectivity index (χ3n) is 3.78. The largest absolute Gasteiger partial charge is 0.496 e. The highest BCUT2D eigenvalue weighted by Gasteiger charge is 2.13. The topological polar surface area (TPSA) is 77.2 Å². The molecule has 0 unspecified atom stereocenters. The smallest absolute Gasteiger partial charge is 0.277 e. The minimum absolute atomic E-state index is 0.114. The molecule has 0 saturated carbocycles. The summed E-state index contributed by atoms with van der Waals surface area (Å²) in [7, 11) is 1.61. The van der Waals surface area contributed by atoms with Gasteiger partial charge in [0, 0.05) is 17.7 Å². The summed E-state index contributed by atoms with van der Waals surface area (Å²) >= 11 is 1.21. The average molecular weight is 369 g/mol. The summed E-state index contributed by atoms with van der Waals surface area (Å²) in [6.45, 7) is 2.39. The van der Waals surface area contributed by atoms with Gasteiger partial charge in [0.05, 0.1) is 12.9 Å². The molecule has 2 aromatic carbocycles. The number of thioether (sulfide) groups is 1. The Labute approximate surface area is 156 Å². The lowest BCUT2D eigenvalue weighted by Crippen LogP contribution is -2.24. The van der Waals surface area contributed by atoms with E-state index in [9.17, 15) is 4.79 Å². The average Bonchev–Trinajstić information content (AvgIpc) is 3.14. The van der Waals surface area contributed by atoms with Gasteiger partial charge in [-0.15, -0.1) is 10.2 Å². The second kappa shape index (κ2) is 8.53. The Morgan fingerprint density at radius 3 is 2.73 bits per heavy atom. The number of aryl methyl sites for hydroxylation is 1. The first kappa shape index (κ1) is 18.0. The highest BCUT2D eigenvalue weighted by molar-refractivity contribution is 7.99. The van der Waals surface area contributed by atoms with Crippen LogP contribution in [-0.4, -0.2) is 29.0 Å². The molecular weight excluding hydrogens is 350 g/mol. The maximum Gasteiger partial charge on any atom is 0.277 e. The van der Waals surface area contributed by atoms with Crippen molar-refractivity contribution in [3.63, 3.8) is 0 Å². The second-order valence-electron chi connectivity index (χ2n) is 5.57. The SMILES string of the molecule is COc1ccccc1CNC(=O)CSc1nnc(-c2ccccc2C)o1. The Morgan fingerprint density at radius 1 is 1.15 bits per heavy atom. The van der Waals surface area contributed by atoms with Crippen molar-refractivity contribution in [3.05, 3.63) is 59.7 Å². The molecule has 0 aliphatic heterocycles. The van der Waals surface area contributed by atoms with Crippen LogP contribution < -0.4 is 10.1 Å². The van der Waals surface area contributed by atoms with Gasteiger partial charge < -0.3 is 14.5 Å². The van der Waals surface area contributed by atoms with Crippen molar-refractivity contribution in [1.82, 2.24) is 15.5 Å².